The Morgan fingerprint density at radius 2 is 1.89 bits per heavy atom. The number of nitrogens with zero attached hydrogens (tertiary/aromatic N) is 6. The zero-order chi connectivity index (χ0) is 19.3. The first-order chi connectivity index (χ1) is 13.6. The first-order valence-electron chi connectivity index (χ1n) is 9.56. The first-order valence-corrected chi connectivity index (χ1v) is 9.56. The molecule has 5 heterocycles. The van der Waals surface area contributed by atoms with Crippen LogP contribution in [0.4, 0.5) is 11.6 Å². The molecule has 28 heavy (non-hydrogen) atoms. The van der Waals surface area contributed by atoms with Crippen molar-refractivity contribution in [1.82, 2.24) is 29.4 Å². The van der Waals surface area contributed by atoms with Crippen LogP contribution in [-0.2, 0) is 7.05 Å². The van der Waals surface area contributed by atoms with Crippen LogP contribution in [0.1, 0.15) is 0 Å². The molecule has 5 rings (SSSR count). The highest BCUT2D eigenvalue weighted by atomic mass is 15.3. The Kier molecular flexibility index (Phi) is 3.94. The molecule has 0 bridgehead atoms. The van der Waals surface area contributed by atoms with Crippen molar-refractivity contribution in [3.8, 4) is 11.4 Å². The SMILES string of the molecule is CNc1nc2[nH]c(-c3cccc(N4CCN(C)CC4)n3)cc2c2c1ncn2C. The number of fused-ring (bicyclic) bond motifs is 3. The van der Waals surface area contributed by atoms with Crippen molar-refractivity contribution in [2.24, 2.45) is 7.05 Å². The minimum atomic E-state index is 0.774. The predicted molar refractivity (Wildman–Crippen MR) is 113 cm³/mol. The summed E-state index contributed by atoms with van der Waals surface area (Å²) < 4.78 is 2.03. The van der Waals surface area contributed by atoms with Gasteiger partial charge in [0.05, 0.1) is 23.2 Å². The molecule has 8 nitrogen and oxygen atoms in total. The van der Waals surface area contributed by atoms with Gasteiger partial charge in [0.15, 0.2) is 5.82 Å². The lowest BCUT2D eigenvalue weighted by Crippen LogP contribution is -2.44. The van der Waals surface area contributed by atoms with Gasteiger partial charge >= 0.3 is 0 Å². The second-order valence-electron chi connectivity index (χ2n) is 7.38. The molecular formula is C20H24N8. The summed E-state index contributed by atoms with van der Waals surface area (Å²) in [4.78, 5) is 22.3. The molecule has 4 aromatic heterocycles. The minimum absolute atomic E-state index is 0.774. The van der Waals surface area contributed by atoms with E-state index < -0.39 is 0 Å². The zero-order valence-corrected chi connectivity index (χ0v) is 16.4. The van der Waals surface area contributed by atoms with Crippen LogP contribution in [0.25, 0.3) is 33.5 Å². The second-order valence-corrected chi connectivity index (χ2v) is 7.38. The number of likely N-dealkylation sites (N-methyl/N-ethyl adjacent to an activating group) is 1. The number of imidazole rings is 1. The quantitative estimate of drug-likeness (QED) is 0.571. The highest BCUT2D eigenvalue weighted by molar-refractivity contribution is 6.07. The Bertz CT molecular complexity index is 1150. The fourth-order valence-electron chi connectivity index (χ4n) is 3.90. The number of anilines is 2. The summed E-state index contributed by atoms with van der Waals surface area (Å²) in [6.07, 6.45) is 1.82. The smallest absolute Gasteiger partial charge is 0.156 e. The number of rotatable bonds is 3. The number of nitrogens with one attached hydrogen (secondary N) is 2. The van der Waals surface area contributed by atoms with Crippen LogP contribution >= 0.6 is 0 Å². The topological polar surface area (TPSA) is 77.9 Å². The van der Waals surface area contributed by atoms with E-state index in [1.807, 2.05) is 31.1 Å². The van der Waals surface area contributed by atoms with Crippen molar-refractivity contribution in [1.29, 1.82) is 0 Å². The van der Waals surface area contributed by atoms with E-state index in [-0.39, 0.29) is 0 Å². The standard InChI is InChI=1S/C20H24N8/c1-21-20-17-18(27(3)12-22-17)13-11-15(24-19(13)25-20)14-5-4-6-16(23-14)28-9-7-26(2)8-10-28/h4-6,11-12H,7-10H2,1-3H3,(H2,21,24,25). The third-order valence-electron chi connectivity index (χ3n) is 5.51. The van der Waals surface area contributed by atoms with E-state index in [0.717, 1.165) is 71.3 Å². The molecule has 1 aliphatic rings. The van der Waals surface area contributed by atoms with Crippen LogP contribution in [0.3, 0.4) is 0 Å². The van der Waals surface area contributed by atoms with Gasteiger partial charge in [-0.15, -0.1) is 0 Å². The number of aryl methyl sites for hydroxylation is 1. The van der Waals surface area contributed by atoms with Gasteiger partial charge < -0.3 is 24.7 Å². The second kappa shape index (κ2) is 6.49. The molecule has 144 valence electrons. The van der Waals surface area contributed by atoms with Crippen LogP contribution in [0, 0.1) is 0 Å². The van der Waals surface area contributed by atoms with Crippen molar-refractivity contribution in [2.75, 3.05) is 50.5 Å². The number of hydrogen-bond donors (Lipinski definition) is 2. The molecule has 0 aliphatic carbocycles. The summed E-state index contributed by atoms with van der Waals surface area (Å²) in [7, 11) is 6.04. The molecule has 0 saturated carbocycles. The third kappa shape index (κ3) is 2.68. The van der Waals surface area contributed by atoms with Gasteiger partial charge in [-0.1, -0.05) is 6.07 Å². The maximum absolute atomic E-state index is 4.93. The Morgan fingerprint density at radius 1 is 1.07 bits per heavy atom. The summed E-state index contributed by atoms with van der Waals surface area (Å²) in [6.45, 7) is 4.13. The maximum Gasteiger partial charge on any atom is 0.156 e. The fourth-order valence-corrected chi connectivity index (χ4v) is 3.90. The molecule has 4 aromatic rings. The average molecular weight is 376 g/mol. The molecule has 0 amide bonds. The lowest BCUT2D eigenvalue weighted by atomic mass is 10.2. The lowest BCUT2D eigenvalue weighted by Gasteiger charge is -2.33. The van der Waals surface area contributed by atoms with E-state index in [1.165, 1.54) is 0 Å². The van der Waals surface area contributed by atoms with Crippen LogP contribution in [0.15, 0.2) is 30.6 Å². The molecular weight excluding hydrogens is 352 g/mol. The zero-order valence-electron chi connectivity index (χ0n) is 16.4. The largest absolute Gasteiger partial charge is 0.371 e. The molecule has 0 unspecified atom stereocenters. The number of hydrogen-bond acceptors (Lipinski definition) is 6. The third-order valence-corrected chi connectivity index (χ3v) is 5.51. The summed E-state index contributed by atoms with van der Waals surface area (Å²) in [5.41, 5.74) is 4.67. The van der Waals surface area contributed by atoms with E-state index in [2.05, 4.69) is 50.3 Å². The van der Waals surface area contributed by atoms with Crippen molar-refractivity contribution >= 4 is 33.7 Å². The Labute approximate surface area is 163 Å². The Morgan fingerprint density at radius 3 is 2.68 bits per heavy atom. The molecule has 2 N–H and O–H groups in total. The highest BCUT2D eigenvalue weighted by Crippen LogP contribution is 2.31. The Hall–Kier alpha value is -3.13. The number of piperazine rings is 1. The Balaban J connectivity index is 1.59. The monoisotopic (exact) mass is 376 g/mol. The van der Waals surface area contributed by atoms with Gasteiger partial charge in [0.1, 0.15) is 17.0 Å². The highest BCUT2D eigenvalue weighted by Gasteiger charge is 2.18. The van der Waals surface area contributed by atoms with Crippen molar-refractivity contribution < 1.29 is 0 Å². The van der Waals surface area contributed by atoms with E-state index in [4.69, 9.17) is 9.97 Å². The molecule has 0 atom stereocenters. The van der Waals surface area contributed by atoms with Gasteiger partial charge in [0.25, 0.3) is 0 Å². The molecule has 0 radical (unpaired) electrons. The molecule has 8 heteroatoms. The molecule has 1 saturated heterocycles. The minimum Gasteiger partial charge on any atom is -0.371 e. The van der Waals surface area contributed by atoms with Gasteiger partial charge in [-0.25, -0.2) is 15.0 Å². The number of aromatic amines is 1. The number of pyridine rings is 2. The van der Waals surface area contributed by atoms with Gasteiger partial charge in [0.2, 0.25) is 0 Å². The van der Waals surface area contributed by atoms with Crippen LogP contribution in [-0.4, -0.2) is 69.7 Å². The average Bonchev–Trinajstić information content (AvgIpc) is 3.31. The van der Waals surface area contributed by atoms with Crippen LogP contribution < -0.4 is 10.2 Å². The van der Waals surface area contributed by atoms with Crippen molar-refractivity contribution in [2.45, 2.75) is 0 Å². The summed E-state index contributed by atoms with van der Waals surface area (Å²) in [5, 5.41) is 4.20. The molecule has 1 fully saturated rings. The molecule has 0 spiro atoms. The fraction of sp³-hybridized carbons (Fsp3) is 0.350. The summed E-state index contributed by atoms with van der Waals surface area (Å²) >= 11 is 0. The van der Waals surface area contributed by atoms with Gasteiger partial charge in [-0.2, -0.15) is 0 Å². The van der Waals surface area contributed by atoms with Crippen LogP contribution in [0.5, 0.6) is 0 Å². The lowest BCUT2D eigenvalue weighted by molar-refractivity contribution is 0.312. The number of H-pyrrole nitrogens is 1. The summed E-state index contributed by atoms with van der Waals surface area (Å²) in [5.74, 6) is 1.80. The van der Waals surface area contributed by atoms with Crippen LogP contribution in [0.2, 0.25) is 0 Å². The van der Waals surface area contributed by atoms with Gasteiger partial charge in [-0.3, -0.25) is 0 Å². The van der Waals surface area contributed by atoms with Crippen molar-refractivity contribution in [3.63, 3.8) is 0 Å². The normalized spacial score (nSPS) is 15.6. The van der Waals surface area contributed by atoms with Crippen molar-refractivity contribution in [3.05, 3.63) is 30.6 Å². The number of aromatic nitrogens is 5. The van der Waals surface area contributed by atoms with E-state index in [1.54, 1.807) is 0 Å². The van der Waals surface area contributed by atoms with Gasteiger partial charge in [0, 0.05) is 45.7 Å². The molecule has 1 aliphatic heterocycles. The predicted octanol–water partition coefficient (Wildman–Crippen LogP) is 2.31. The van der Waals surface area contributed by atoms with E-state index >= 15 is 0 Å². The summed E-state index contributed by atoms with van der Waals surface area (Å²) in [6, 6.07) is 8.34. The van der Waals surface area contributed by atoms with Gasteiger partial charge in [-0.05, 0) is 25.2 Å². The first kappa shape index (κ1) is 17.0. The van der Waals surface area contributed by atoms with E-state index in [0.29, 0.717) is 0 Å². The van der Waals surface area contributed by atoms with E-state index in [9.17, 15) is 0 Å². The molecule has 0 aromatic carbocycles. The maximum atomic E-state index is 4.93.